The van der Waals surface area contributed by atoms with E-state index in [0.29, 0.717) is 17.1 Å². The van der Waals surface area contributed by atoms with Crippen LogP contribution in [0.5, 0.6) is 0 Å². The number of amides is 1. The summed E-state index contributed by atoms with van der Waals surface area (Å²) in [6, 6.07) is 3.66. The number of nitrogens with one attached hydrogen (secondary N) is 1. The summed E-state index contributed by atoms with van der Waals surface area (Å²) in [5, 5.41) is 0. The van der Waals surface area contributed by atoms with Gasteiger partial charge in [0.05, 0.1) is 11.3 Å². The van der Waals surface area contributed by atoms with Crippen LogP contribution < -0.4 is 0 Å². The van der Waals surface area contributed by atoms with Gasteiger partial charge in [0.25, 0.3) is 5.91 Å². The molecule has 3 heterocycles. The standard InChI is InChI=1S/C14H11N5O2/c20-14-11-6-15-7-12(11)19-9-21-8-10-2-1-3-16-13(10)17-4-5-18-14/h1-7,9,15H,8H2/b17-4-,18-5?,19-9?. The molecule has 0 spiro atoms. The molecule has 1 N–H and O–H groups in total. The normalized spacial score (nSPS) is 15.9. The van der Waals surface area contributed by atoms with Crippen molar-refractivity contribution in [2.75, 3.05) is 0 Å². The van der Waals surface area contributed by atoms with E-state index >= 15 is 0 Å². The average Bonchev–Trinajstić information content (AvgIpc) is 2.97. The molecule has 0 aliphatic carbocycles. The number of fused-ring (bicyclic) bond motifs is 2. The highest BCUT2D eigenvalue weighted by Crippen LogP contribution is 2.19. The molecular formula is C14H11N5O2. The second-order valence-electron chi connectivity index (χ2n) is 4.15. The van der Waals surface area contributed by atoms with Crippen molar-refractivity contribution in [2.45, 2.75) is 6.61 Å². The van der Waals surface area contributed by atoms with Gasteiger partial charge >= 0.3 is 0 Å². The van der Waals surface area contributed by atoms with E-state index in [-0.39, 0.29) is 6.61 Å². The number of pyridine rings is 1. The lowest BCUT2D eigenvalue weighted by Crippen LogP contribution is -1.94. The first-order valence-corrected chi connectivity index (χ1v) is 6.20. The minimum atomic E-state index is -0.407. The Labute approximate surface area is 120 Å². The number of ether oxygens (including phenoxy) is 1. The first-order chi connectivity index (χ1) is 10.3. The number of carbonyl (C=O) groups excluding carboxylic acids is 1. The molecule has 0 bridgehead atoms. The van der Waals surface area contributed by atoms with Gasteiger partial charge in [-0.1, -0.05) is 6.07 Å². The van der Waals surface area contributed by atoms with Crippen molar-refractivity contribution in [1.82, 2.24) is 9.97 Å². The van der Waals surface area contributed by atoms with Crippen LogP contribution in [0.25, 0.3) is 0 Å². The molecule has 1 aliphatic rings. The van der Waals surface area contributed by atoms with Crippen molar-refractivity contribution in [3.63, 3.8) is 0 Å². The first-order valence-electron chi connectivity index (χ1n) is 6.20. The zero-order chi connectivity index (χ0) is 14.5. The summed E-state index contributed by atoms with van der Waals surface area (Å²) in [5.74, 6) is 0.111. The molecule has 2 aromatic rings. The van der Waals surface area contributed by atoms with Crippen LogP contribution in [-0.4, -0.2) is 34.7 Å². The van der Waals surface area contributed by atoms with Crippen molar-refractivity contribution < 1.29 is 9.53 Å². The topological polar surface area (TPSA) is 92.1 Å². The number of hydrogen-bond acceptors (Lipinski definition) is 5. The second-order valence-corrected chi connectivity index (χ2v) is 4.15. The predicted molar refractivity (Wildman–Crippen MR) is 78.9 cm³/mol. The Morgan fingerprint density at radius 3 is 3.00 bits per heavy atom. The van der Waals surface area contributed by atoms with Gasteiger partial charge in [0.2, 0.25) is 0 Å². The van der Waals surface area contributed by atoms with Crippen molar-refractivity contribution in [2.24, 2.45) is 15.0 Å². The molecule has 0 radical (unpaired) electrons. The van der Waals surface area contributed by atoms with Crippen LogP contribution >= 0.6 is 0 Å². The predicted octanol–water partition coefficient (Wildman–Crippen LogP) is 2.21. The molecule has 1 aliphatic heterocycles. The maximum absolute atomic E-state index is 11.9. The van der Waals surface area contributed by atoms with Crippen LogP contribution in [0.4, 0.5) is 11.5 Å². The Bertz CT molecular complexity index is 745. The highest BCUT2D eigenvalue weighted by atomic mass is 16.5. The lowest BCUT2D eigenvalue weighted by molar-refractivity contribution is 0.100. The highest BCUT2D eigenvalue weighted by Gasteiger charge is 2.10. The molecule has 7 heteroatoms. The van der Waals surface area contributed by atoms with Gasteiger partial charge in [0.15, 0.2) is 12.2 Å². The fourth-order valence-corrected chi connectivity index (χ4v) is 1.79. The summed E-state index contributed by atoms with van der Waals surface area (Å²) in [6.45, 7) is 0.287. The van der Waals surface area contributed by atoms with E-state index in [0.717, 1.165) is 5.56 Å². The molecule has 21 heavy (non-hydrogen) atoms. The zero-order valence-electron chi connectivity index (χ0n) is 10.9. The highest BCUT2D eigenvalue weighted by molar-refractivity contribution is 6.21. The lowest BCUT2D eigenvalue weighted by Gasteiger charge is -2.03. The summed E-state index contributed by atoms with van der Waals surface area (Å²) < 4.78 is 5.36. The molecule has 0 saturated carbocycles. The van der Waals surface area contributed by atoms with Crippen LogP contribution in [0.2, 0.25) is 0 Å². The minimum absolute atomic E-state index is 0.287. The van der Waals surface area contributed by atoms with Crippen molar-refractivity contribution >= 4 is 36.2 Å². The van der Waals surface area contributed by atoms with Gasteiger partial charge in [-0.15, -0.1) is 0 Å². The molecule has 7 nitrogen and oxygen atoms in total. The van der Waals surface area contributed by atoms with E-state index in [9.17, 15) is 4.79 Å². The van der Waals surface area contributed by atoms with Crippen molar-refractivity contribution in [1.29, 1.82) is 0 Å². The SMILES string of the molecule is O=C1N=C/C=N\c2ncccc2COC=Nc2c[nH]cc21. The van der Waals surface area contributed by atoms with Gasteiger partial charge < -0.3 is 9.72 Å². The van der Waals surface area contributed by atoms with Crippen molar-refractivity contribution in [3.05, 3.63) is 41.9 Å². The summed E-state index contributed by atoms with van der Waals surface area (Å²) >= 11 is 0. The van der Waals surface area contributed by atoms with Crippen LogP contribution in [0.1, 0.15) is 15.9 Å². The van der Waals surface area contributed by atoms with E-state index in [2.05, 4.69) is 24.9 Å². The van der Waals surface area contributed by atoms with E-state index < -0.39 is 5.91 Å². The Morgan fingerprint density at radius 2 is 2.05 bits per heavy atom. The van der Waals surface area contributed by atoms with Gasteiger partial charge in [-0.05, 0) is 6.07 Å². The Balaban J connectivity index is 1.97. The molecule has 0 unspecified atom stereocenters. The second kappa shape index (κ2) is 5.91. The molecule has 0 fully saturated rings. The molecule has 104 valence electrons. The largest absolute Gasteiger partial charge is 0.478 e. The summed E-state index contributed by atoms with van der Waals surface area (Å²) in [7, 11) is 0. The number of carbonyl (C=O) groups is 1. The fourth-order valence-electron chi connectivity index (χ4n) is 1.79. The number of H-pyrrole nitrogens is 1. The third kappa shape index (κ3) is 2.92. The summed E-state index contributed by atoms with van der Waals surface area (Å²) in [5.41, 5.74) is 1.66. The van der Waals surface area contributed by atoms with Gasteiger partial charge in [-0.25, -0.2) is 20.0 Å². The van der Waals surface area contributed by atoms with Gasteiger partial charge in [-0.2, -0.15) is 0 Å². The Kier molecular flexibility index (Phi) is 3.64. The molecule has 0 saturated heterocycles. The molecular weight excluding hydrogens is 270 g/mol. The van der Waals surface area contributed by atoms with Crippen LogP contribution in [0.15, 0.2) is 45.7 Å². The third-order valence-corrected chi connectivity index (χ3v) is 2.78. The fraction of sp³-hybridized carbons (Fsp3) is 0.0714. The molecule has 3 rings (SSSR count). The molecule has 0 atom stereocenters. The number of aromatic amines is 1. The number of nitrogens with zero attached hydrogens (tertiary/aromatic N) is 4. The summed E-state index contributed by atoms with van der Waals surface area (Å²) in [6.07, 6.45) is 8.83. The minimum Gasteiger partial charge on any atom is -0.478 e. The first kappa shape index (κ1) is 12.9. The van der Waals surface area contributed by atoms with Crippen LogP contribution in [-0.2, 0) is 11.3 Å². The van der Waals surface area contributed by atoms with Gasteiger partial charge in [0.1, 0.15) is 6.61 Å². The zero-order valence-corrected chi connectivity index (χ0v) is 10.9. The van der Waals surface area contributed by atoms with Crippen molar-refractivity contribution in [3.8, 4) is 0 Å². The molecule has 0 aromatic carbocycles. The van der Waals surface area contributed by atoms with Crippen LogP contribution in [0.3, 0.4) is 0 Å². The molecule has 1 amide bonds. The number of aliphatic imine (C=N–C) groups is 3. The third-order valence-electron chi connectivity index (χ3n) is 2.78. The maximum atomic E-state index is 11.9. The van der Waals surface area contributed by atoms with E-state index in [1.807, 2.05) is 6.07 Å². The molecule has 2 aromatic heterocycles. The maximum Gasteiger partial charge on any atom is 0.280 e. The average molecular weight is 281 g/mol. The Morgan fingerprint density at radius 1 is 1.14 bits per heavy atom. The van der Waals surface area contributed by atoms with E-state index in [1.165, 1.54) is 18.8 Å². The van der Waals surface area contributed by atoms with E-state index in [1.54, 1.807) is 24.7 Å². The number of aromatic nitrogens is 2. The quantitative estimate of drug-likeness (QED) is 0.802. The van der Waals surface area contributed by atoms with E-state index in [4.69, 9.17) is 4.74 Å². The van der Waals surface area contributed by atoms with Crippen LogP contribution in [0, 0.1) is 0 Å². The Hall–Kier alpha value is -3.09. The van der Waals surface area contributed by atoms with Gasteiger partial charge in [-0.3, -0.25) is 4.79 Å². The number of rotatable bonds is 0. The summed E-state index contributed by atoms with van der Waals surface area (Å²) in [4.78, 5) is 30.9. The van der Waals surface area contributed by atoms with Gasteiger partial charge in [0, 0.05) is 36.6 Å². The lowest BCUT2D eigenvalue weighted by atomic mass is 10.3. The number of hydrogen-bond donors (Lipinski definition) is 1. The monoisotopic (exact) mass is 281 g/mol. The smallest absolute Gasteiger partial charge is 0.280 e.